The molecule has 28 heavy (non-hydrogen) atoms. The van der Waals surface area contributed by atoms with E-state index in [2.05, 4.69) is 0 Å². The second kappa shape index (κ2) is 10.3. The quantitative estimate of drug-likeness (QED) is 0.463. The van der Waals surface area contributed by atoms with Gasteiger partial charge in [0.05, 0.1) is 11.6 Å². The fraction of sp³-hybridized carbons (Fsp3) is 0.348. The Morgan fingerprint density at radius 1 is 1.14 bits per heavy atom. The molecule has 0 saturated carbocycles. The first-order valence-corrected chi connectivity index (χ1v) is 9.45. The Morgan fingerprint density at radius 3 is 2.46 bits per heavy atom. The fourth-order valence-electron chi connectivity index (χ4n) is 3.00. The van der Waals surface area contributed by atoms with Crippen molar-refractivity contribution in [2.24, 2.45) is 0 Å². The van der Waals surface area contributed by atoms with Crippen molar-refractivity contribution < 1.29 is 19.4 Å². The van der Waals surface area contributed by atoms with E-state index >= 15 is 0 Å². The van der Waals surface area contributed by atoms with Gasteiger partial charge in [-0.15, -0.1) is 0 Å². The van der Waals surface area contributed by atoms with Crippen molar-refractivity contribution in [3.8, 4) is 17.6 Å². The molecule has 0 bridgehead atoms. The number of carbonyl (C=O) groups excluding carboxylic acids is 2. The lowest BCUT2D eigenvalue weighted by atomic mass is 9.97. The summed E-state index contributed by atoms with van der Waals surface area (Å²) >= 11 is 0. The molecule has 0 radical (unpaired) electrons. The number of carbonyl (C=O) groups is 2. The first-order chi connectivity index (χ1) is 13.5. The molecule has 0 atom stereocenters. The van der Waals surface area contributed by atoms with Gasteiger partial charge in [0.15, 0.2) is 11.6 Å². The molecule has 1 N–H and O–H groups in total. The molecule has 2 rings (SSSR count). The smallest absolute Gasteiger partial charge is 0.163 e. The highest BCUT2D eigenvalue weighted by atomic mass is 16.5. The summed E-state index contributed by atoms with van der Waals surface area (Å²) in [5, 5.41) is 19.0. The molecule has 0 spiro atoms. The number of hydrogen-bond donors (Lipinski definition) is 1. The minimum atomic E-state index is -0.169. The number of ether oxygens (including phenoxy) is 1. The Labute approximate surface area is 165 Å². The highest BCUT2D eigenvalue weighted by molar-refractivity contribution is 5.97. The molecule has 0 aliphatic rings. The Hall–Kier alpha value is -3.13. The van der Waals surface area contributed by atoms with Gasteiger partial charge in [-0.1, -0.05) is 19.4 Å². The van der Waals surface area contributed by atoms with Crippen LogP contribution < -0.4 is 4.74 Å². The lowest BCUT2D eigenvalue weighted by Gasteiger charge is -2.14. The van der Waals surface area contributed by atoms with Crippen molar-refractivity contribution in [2.75, 3.05) is 0 Å². The van der Waals surface area contributed by atoms with Gasteiger partial charge in [0.1, 0.15) is 18.1 Å². The third kappa shape index (κ3) is 5.43. The largest absolute Gasteiger partial charge is 0.507 e. The summed E-state index contributed by atoms with van der Waals surface area (Å²) in [4.78, 5) is 23.7. The van der Waals surface area contributed by atoms with E-state index in [1.54, 1.807) is 30.3 Å². The number of nitrogens with zero attached hydrogens (tertiary/aromatic N) is 1. The zero-order valence-electron chi connectivity index (χ0n) is 16.3. The van der Waals surface area contributed by atoms with Gasteiger partial charge in [-0.3, -0.25) is 9.59 Å². The molecule has 0 aliphatic heterocycles. The van der Waals surface area contributed by atoms with Gasteiger partial charge in [0, 0.05) is 24.0 Å². The van der Waals surface area contributed by atoms with Crippen LogP contribution >= 0.6 is 0 Å². The number of benzene rings is 2. The Morgan fingerprint density at radius 2 is 1.86 bits per heavy atom. The summed E-state index contributed by atoms with van der Waals surface area (Å²) in [5.41, 5.74) is 2.49. The number of rotatable bonds is 10. The van der Waals surface area contributed by atoms with Crippen LogP contribution in [0.4, 0.5) is 0 Å². The number of hydrogen-bond acceptors (Lipinski definition) is 5. The SMILES string of the molecule is CCCc1c(COc2ccc(C(=O)CCCC#N)cc2)ccc(C(C)=O)c1O. The first kappa shape index (κ1) is 21.2. The maximum Gasteiger partial charge on any atom is 0.163 e. The maximum absolute atomic E-state index is 12.0. The van der Waals surface area contributed by atoms with Gasteiger partial charge in [-0.2, -0.15) is 5.26 Å². The van der Waals surface area contributed by atoms with Crippen LogP contribution in [0.3, 0.4) is 0 Å². The van der Waals surface area contributed by atoms with Crippen molar-refractivity contribution in [1.82, 2.24) is 0 Å². The number of Topliss-reactive ketones (excluding diaryl/α,β-unsaturated/α-hetero) is 2. The first-order valence-electron chi connectivity index (χ1n) is 9.45. The Balaban J connectivity index is 2.07. The molecular formula is C23H25NO4. The van der Waals surface area contributed by atoms with Crippen molar-refractivity contribution in [3.63, 3.8) is 0 Å². The van der Waals surface area contributed by atoms with Gasteiger partial charge in [0.2, 0.25) is 0 Å². The second-order valence-corrected chi connectivity index (χ2v) is 6.65. The average Bonchev–Trinajstić information content (AvgIpc) is 2.68. The molecule has 2 aromatic carbocycles. The Bertz CT molecular complexity index is 879. The van der Waals surface area contributed by atoms with Crippen molar-refractivity contribution in [3.05, 3.63) is 58.7 Å². The van der Waals surface area contributed by atoms with Crippen LogP contribution in [0.1, 0.15) is 71.4 Å². The molecule has 5 heteroatoms. The lowest BCUT2D eigenvalue weighted by Crippen LogP contribution is -2.04. The molecule has 0 unspecified atom stereocenters. The standard InChI is InChI=1S/C23H25NO4/c1-3-6-21-18(10-13-20(16(2)25)23(21)27)15-28-19-11-8-17(9-12-19)22(26)7-4-5-14-24/h8-13,27H,3-7,15H2,1-2H3. The minimum Gasteiger partial charge on any atom is -0.507 e. The summed E-state index contributed by atoms with van der Waals surface area (Å²) in [5.74, 6) is 0.494. The van der Waals surface area contributed by atoms with Crippen LogP contribution in [0.25, 0.3) is 0 Å². The molecular weight excluding hydrogens is 354 g/mol. The van der Waals surface area contributed by atoms with Gasteiger partial charge in [0.25, 0.3) is 0 Å². The third-order valence-electron chi connectivity index (χ3n) is 4.52. The van der Waals surface area contributed by atoms with E-state index in [4.69, 9.17) is 10.00 Å². The fourth-order valence-corrected chi connectivity index (χ4v) is 3.00. The maximum atomic E-state index is 12.0. The van der Waals surface area contributed by atoms with E-state index in [0.717, 1.165) is 17.5 Å². The molecule has 146 valence electrons. The van der Waals surface area contributed by atoms with Gasteiger partial charge < -0.3 is 9.84 Å². The predicted molar refractivity (Wildman–Crippen MR) is 107 cm³/mol. The molecule has 0 aromatic heterocycles. The Kier molecular flexibility index (Phi) is 7.76. The highest BCUT2D eigenvalue weighted by Crippen LogP contribution is 2.29. The van der Waals surface area contributed by atoms with Crippen LogP contribution in [-0.2, 0) is 13.0 Å². The molecule has 2 aromatic rings. The molecule has 0 amide bonds. The number of nitriles is 1. The average molecular weight is 379 g/mol. The van der Waals surface area contributed by atoms with Gasteiger partial charge in [-0.05, 0) is 55.7 Å². The van der Waals surface area contributed by atoms with E-state index in [1.165, 1.54) is 6.92 Å². The summed E-state index contributed by atoms with van der Waals surface area (Å²) in [6, 6.07) is 12.4. The van der Waals surface area contributed by atoms with E-state index in [-0.39, 0.29) is 23.9 Å². The zero-order valence-corrected chi connectivity index (χ0v) is 16.3. The highest BCUT2D eigenvalue weighted by Gasteiger charge is 2.15. The summed E-state index contributed by atoms with van der Waals surface area (Å²) in [7, 11) is 0. The molecule has 0 heterocycles. The third-order valence-corrected chi connectivity index (χ3v) is 4.52. The van der Waals surface area contributed by atoms with E-state index in [1.807, 2.05) is 19.1 Å². The normalized spacial score (nSPS) is 10.3. The van der Waals surface area contributed by atoms with Crippen molar-refractivity contribution in [2.45, 2.75) is 52.6 Å². The second-order valence-electron chi connectivity index (χ2n) is 6.65. The van der Waals surface area contributed by atoms with E-state index in [0.29, 0.717) is 42.6 Å². The predicted octanol–water partition coefficient (Wildman–Crippen LogP) is 5.00. The molecule has 0 aliphatic carbocycles. The molecule has 0 saturated heterocycles. The lowest BCUT2D eigenvalue weighted by molar-refractivity contribution is 0.0978. The summed E-state index contributed by atoms with van der Waals surface area (Å²) in [6.45, 7) is 3.71. The van der Waals surface area contributed by atoms with Gasteiger partial charge in [-0.25, -0.2) is 0 Å². The van der Waals surface area contributed by atoms with Crippen LogP contribution in [0.2, 0.25) is 0 Å². The molecule has 0 fully saturated rings. The zero-order chi connectivity index (χ0) is 20.5. The summed E-state index contributed by atoms with van der Waals surface area (Å²) in [6.07, 6.45) is 2.79. The molecule has 5 nitrogen and oxygen atoms in total. The van der Waals surface area contributed by atoms with Crippen LogP contribution in [0.5, 0.6) is 11.5 Å². The minimum absolute atomic E-state index is 0.0109. The number of phenols is 1. The monoisotopic (exact) mass is 379 g/mol. The van der Waals surface area contributed by atoms with Crippen LogP contribution in [0.15, 0.2) is 36.4 Å². The van der Waals surface area contributed by atoms with Crippen LogP contribution in [-0.4, -0.2) is 16.7 Å². The topological polar surface area (TPSA) is 87.4 Å². The van der Waals surface area contributed by atoms with Crippen LogP contribution in [0, 0.1) is 11.3 Å². The van der Waals surface area contributed by atoms with E-state index < -0.39 is 0 Å². The number of unbranched alkanes of at least 4 members (excludes halogenated alkanes) is 1. The number of aromatic hydroxyl groups is 1. The number of phenolic OH excluding ortho intramolecular Hbond substituents is 1. The van der Waals surface area contributed by atoms with E-state index in [9.17, 15) is 14.7 Å². The van der Waals surface area contributed by atoms with Gasteiger partial charge >= 0.3 is 0 Å². The van der Waals surface area contributed by atoms with Crippen molar-refractivity contribution >= 4 is 11.6 Å². The summed E-state index contributed by atoms with van der Waals surface area (Å²) < 4.78 is 5.82. The van der Waals surface area contributed by atoms with Crippen molar-refractivity contribution in [1.29, 1.82) is 5.26 Å². The number of ketones is 2.